The van der Waals surface area contributed by atoms with E-state index in [4.69, 9.17) is 0 Å². The number of piperazine rings is 1. The van der Waals surface area contributed by atoms with Crippen molar-refractivity contribution in [2.24, 2.45) is 0 Å². The SMILES string of the molecule is CN(CC(=O)N1CCN(c2ccccn2)CC1)Cc1ccccc1N1CCCCC1. The molecule has 160 valence electrons. The lowest BCUT2D eigenvalue weighted by Crippen LogP contribution is -2.51. The molecule has 2 fully saturated rings. The van der Waals surface area contributed by atoms with Crippen LogP contribution < -0.4 is 9.80 Å². The highest BCUT2D eigenvalue weighted by atomic mass is 16.2. The fourth-order valence-electron chi connectivity index (χ4n) is 4.49. The number of carbonyl (C=O) groups excluding carboxylic acids is 1. The number of nitrogens with zero attached hydrogens (tertiary/aromatic N) is 5. The zero-order chi connectivity index (χ0) is 20.8. The van der Waals surface area contributed by atoms with Crippen LogP contribution in [0.5, 0.6) is 0 Å². The zero-order valence-electron chi connectivity index (χ0n) is 18.0. The Balaban J connectivity index is 1.29. The van der Waals surface area contributed by atoms with Crippen LogP contribution in [0.15, 0.2) is 48.7 Å². The molecule has 0 unspecified atom stereocenters. The summed E-state index contributed by atoms with van der Waals surface area (Å²) in [6, 6.07) is 14.6. The van der Waals surface area contributed by atoms with Gasteiger partial charge >= 0.3 is 0 Å². The standard InChI is InChI=1S/C24H33N5O/c1-26(19-21-9-3-4-10-22(21)27-13-7-2-8-14-27)20-24(30)29-17-15-28(16-18-29)23-11-5-6-12-25-23/h3-6,9-12H,2,7-8,13-20H2,1H3. The van der Waals surface area contributed by atoms with Crippen molar-refractivity contribution >= 4 is 17.4 Å². The number of para-hydroxylation sites is 1. The van der Waals surface area contributed by atoms with Crippen LogP contribution >= 0.6 is 0 Å². The quantitative estimate of drug-likeness (QED) is 0.737. The molecule has 2 saturated heterocycles. The summed E-state index contributed by atoms with van der Waals surface area (Å²) in [5.74, 6) is 1.21. The number of hydrogen-bond donors (Lipinski definition) is 0. The van der Waals surface area contributed by atoms with Gasteiger partial charge in [-0.1, -0.05) is 24.3 Å². The maximum Gasteiger partial charge on any atom is 0.236 e. The second-order valence-electron chi connectivity index (χ2n) is 8.40. The molecule has 2 aromatic rings. The summed E-state index contributed by atoms with van der Waals surface area (Å²) >= 11 is 0. The maximum atomic E-state index is 12.9. The summed E-state index contributed by atoms with van der Waals surface area (Å²) in [7, 11) is 2.05. The number of amides is 1. The van der Waals surface area contributed by atoms with Crippen LogP contribution in [-0.4, -0.2) is 73.6 Å². The van der Waals surface area contributed by atoms with Gasteiger partial charge in [-0.05, 0) is 50.1 Å². The predicted octanol–water partition coefficient (Wildman–Crippen LogP) is 2.85. The first-order valence-corrected chi connectivity index (χ1v) is 11.2. The minimum absolute atomic E-state index is 0.216. The Hall–Kier alpha value is -2.60. The lowest BCUT2D eigenvalue weighted by molar-refractivity contribution is -0.132. The average Bonchev–Trinajstić information content (AvgIpc) is 2.80. The topological polar surface area (TPSA) is 42.9 Å². The molecule has 3 heterocycles. The van der Waals surface area contributed by atoms with Gasteiger partial charge in [-0.15, -0.1) is 0 Å². The summed E-state index contributed by atoms with van der Waals surface area (Å²) in [5.41, 5.74) is 2.65. The van der Waals surface area contributed by atoms with Crippen LogP contribution in [0, 0.1) is 0 Å². The van der Waals surface area contributed by atoms with Crippen LogP contribution in [-0.2, 0) is 11.3 Å². The number of hydrogen-bond acceptors (Lipinski definition) is 5. The Kier molecular flexibility index (Phi) is 6.84. The van der Waals surface area contributed by atoms with E-state index in [0.29, 0.717) is 6.54 Å². The molecule has 6 nitrogen and oxygen atoms in total. The van der Waals surface area contributed by atoms with E-state index in [1.54, 1.807) is 0 Å². The highest BCUT2D eigenvalue weighted by Gasteiger charge is 2.23. The van der Waals surface area contributed by atoms with E-state index in [1.165, 1.54) is 30.5 Å². The van der Waals surface area contributed by atoms with Gasteiger partial charge in [-0.2, -0.15) is 0 Å². The number of anilines is 2. The first-order valence-electron chi connectivity index (χ1n) is 11.2. The van der Waals surface area contributed by atoms with Gasteiger partial charge in [0, 0.05) is 57.7 Å². The molecule has 30 heavy (non-hydrogen) atoms. The Morgan fingerprint density at radius 3 is 2.37 bits per heavy atom. The molecule has 0 aliphatic carbocycles. The zero-order valence-corrected chi connectivity index (χ0v) is 18.0. The predicted molar refractivity (Wildman–Crippen MR) is 122 cm³/mol. The average molecular weight is 408 g/mol. The van der Waals surface area contributed by atoms with E-state index < -0.39 is 0 Å². The van der Waals surface area contributed by atoms with Crippen molar-refractivity contribution in [3.8, 4) is 0 Å². The largest absolute Gasteiger partial charge is 0.371 e. The van der Waals surface area contributed by atoms with Gasteiger partial charge in [0.05, 0.1) is 6.54 Å². The molecular formula is C24H33N5O. The fourth-order valence-corrected chi connectivity index (χ4v) is 4.49. The first kappa shape index (κ1) is 20.7. The summed E-state index contributed by atoms with van der Waals surface area (Å²) in [6.45, 7) is 6.72. The van der Waals surface area contributed by atoms with E-state index >= 15 is 0 Å². The molecule has 0 atom stereocenters. The molecule has 1 aromatic heterocycles. The molecular weight excluding hydrogens is 374 g/mol. The normalized spacial score (nSPS) is 17.5. The summed E-state index contributed by atoms with van der Waals surface area (Å²) in [4.78, 5) is 26.2. The Morgan fingerprint density at radius 1 is 0.900 bits per heavy atom. The van der Waals surface area contributed by atoms with E-state index in [2.05, 4.69) is 51.0 Å². The smallest absolute Gasteiger partial charge is 0.236 e. The van der Waals surface area contributed by atoms with Crippen molar-refractivity contribution in [1.82, 2.24) is 14.8 Å². The van der Waals surface area contributed by atoms with Crippen LogP contribution in [0.4, 0.5) is 11.5 Å². The highest BCUT2D eigenvalue weighted by Crippen LogP contribution is 2.25. The van der Waals surface area contributed by atoms with Crippen molar-refractivity contribution in [1.29, 1.82) is 0 Å². The van der Waals surface area contributed by atoms with Gasteiger partial charge in [0.2, 0.25) is 5.91 Å². The third kappa shape index (κ3) is 5.11. The number of pyridine rings is 1. The maximum absolute atomic E-state index is 12.9. The second-order valence-corrected chi connectivity index (χ2v) is 8.40. The fraction of sp³-hybridized carbons (Fsp3) is 0.500. The number of benzene rings is 1. The molecule has 0 N–H and O–H groups in total. The molecule has 2 aliphatic heterocycles. The third-order valence-electron chi connectivity index (χ3n) is 6.14. The number of aromatic nitrogens is 1. The van der Waals surface area contributed by atoms with Gasteiger partial charge in [0.25, 0.3) is 0 Å². The van der Waals surface area contributed by atoms with E-state index in [9.17, 15) is 4.79 Å². The van der Waals surface area contributed by atoms with E-state index in [1.807, 2.05) is 29.3 Å². The molecule has 1 aromatic carbocycles. The summed E-state index contributed by atoms with van der Waals surface area (Å²) in [6.07, 6.45) is 5.70. The van der Waals surface area contributed by atoms with Gasteiger partial charge in [0.1, 0.15) is 5.82 Å². The molecule has 0 saturated carbocycles. The molecule has 0 bridgehead atoms. The molecule has 4 rings (SSSR count). The van der Waals surface area contributed by atoms with E-state index in [0.717, 1.165) is 51.6 Å². The molecule has 0 spiro atoms. The number of rotatable bonds is 6. The van der Waals surface area contributed by atoms with Gasteiger partial charge in [0.15, 0.2) is 0 Å². The lowest BCUT2D eigenvalue weighted by Gasteiger charge is -2.36. The van der Waals surface area contributed by atoms with Gasteiger partial charge < -0.3 is 14.7 Å². The van der Waals surface area contributed by atoms with Gasteiger partial charge in [-0.3, -0.25) is 9.69 Å². The summed E-state index contributed by atoms with van der Waals surface area (Å²) < 4.78 is 0. The molecule has 0 radical (unpaired) electrons. The monoisotopic (exact) mass is 407 g/mol. The number of likely N-dealkylation sites (N-methyl/N-ethyl adjacent to an activating group) is 1. The molecule has 1 amide bonds. The first-order chi connectivity index (χ1) is 14.7. The van der Waals surface area contributed by atoms with Crippen LogP contribution in [0.3, 0.4) is 0 Å². The summed E-state index contributed by atoms with van der Waals surface area (Å²) in [5, 5.41) is 0. The van der Waals surface area contributed by atoms with Crippen molar-refractivity contribution in [2.45, 2.75) is 25.8 Å². The van der Waals surface area contributed by atoms with Crippen molar-refractivity contribution < 1.29 is 4.79 Å². The van der Waals surface area contributed by atoms with Crippen molar-refractivity contribution in [3.63, 3.8) is 0 Å². The van der Waals surface area contributed by atoms with Crippen molar-refractivity contribution in [2.75, 3.05) is 62.7 Å². The molecule has 2 aliphatic rings. The number of piperidine rings is 1. The minimum Gasteiger partial charge on any atom is -0.371 e. The molecule has 6 heteroatoms. The number of carbonyl (C=O) groups is 1. The van der Waals surface area contributed by atoms with Crippen LogP contribution in [0.25, 0.3) is 0 Å². The lowest BCUT2D eigenvalue weighted by atomic mass is 10.1. The Bertz CT molecular complexity index is 813. The second kappa shape index (κ2) is 9.94. The van der Waals surface area contributed by atoms with Crippen LogP contribution in [0.2, 0.25) is 0 Å². The van der Waals surface area contributed by atoms with Crippen LogP contribution in [0.1, 0.15) is 24.8 Å². The van der Waals surface area contributed by atoms with Crippen molar-refractivity contribution in [3.05, 3.63) is 54.2 Å². The Labute approximate surface area is 180 Å². The highest BCUT2D eigenvalue weighted by molar-refractivity contribution is 5.78. The minimum atomic E-state index is 0.216. The van der Waals surface area contributed by atoms with Gasteiger partial charge in [-0.25, -0.2) is 4.98 Å². The van der Waals surface area contributed by atoms with E-state index in [-0.39, 0.29) is 5.91 Å². The third-order valence-corrected chi connectivity index (χ3v) is 6.14. The Morgan fingerprint density at radius 2 is 1.63 bits per heavy atom.